The molecule has 0 aromatic rings. The lowest BCUT2D eigenvalue weighted by Gasteiger charge is -2.49. The van der Waals surface area contributed by atoms with Gasteiger partial charge in [-0.25, -0.2) is 0 Å². The van der Waals surface area contributed by atoms with E-state index in [4.69, 9.17) is 0 Å². The van der Waals surface area contributed by atoms with E-state index in [2.05, 4.69) is 37.9 Å². The van der Waals surface area contributed by atoms with Crippen molar-refractivity contribution in [1.29, 1.82) is 0 Å². The number of piperazine rings is 1. The van der Waals surface area contributed by atoms with Gasteiger partial charge in [-0.2, -0.15) is 0 Å². The van der Waals surface area contributed by atoms with Crippen molar-refractivity contribution in [3.05, 3.63) is 0 Å². The van der Waals surface area contributed by atoms with Crippen molar-refractivity contribution in [1.82, 2.24) is 10.2 Å². The van der Waals surface area contributed by atoms with E-state index in [-0.39, 0.29) is 0 Å². The van der Waals surface area contributed by atoms with E-state index in [1.807, 2.05) is 0 Å². The first-order chi connectivity index (χ1) is 8.10. The minimum absolute atomic E-state index is 0.389. The fourth-order valence-electron chi connectivity index (χ4n) is 3.23. The molecule has 1 aliphatic heterocycles. The standard InChI is InChI=1S/C15H30N2/c1-5-15(6-2)11-17(10-13-7-8-13)14(9-16-15)12(3)4/h12-14,16H,5-11H2,1-4H3. The Balaban J connectivity index is 2.02. The normalized spacial score (nSPS) is 29.8. The van der Waals surface area contributed by atoms with E-state index in [0.717, 1.165) is 17.9 Å². The summed E-state index contributed by atoms with van der Waals surface area (Å²) in [5, 5.41) is 3.85. The fourth-order valence-corrected chi connectivity index (χ4v) is 3.23. The topological polar surface area (TPSA) is 15.3 Å². The molecule has 1 saturated heterocycles. The third-order valence-corrected chi connectivity index (χ3v) is 4.97. The zero-order valence-corrected chi connectivity index (χ0v) is 12.1. The van der Waals surface area contributed by atoms with Crippen LogP contribution in [0, 0.1) is 11.8 Å². The second-order valence-corrected chi connectivity index (χ2v) is 6.55. The zero-order chi connectivity index (χ0) is 12.5. The lowest BCUT2D eigenvalue weighted by atomic mass is 9.86. The monoisotopic (exact) mass is 238 g/mol. The van der Waals surface area contributed by atoms with Crippen molar-refractivity contribution < 1.29 is 0 Å². The molecule has 1 heterocycles. The molecule has 0 radical (unpaired) electrons. The Morgan fingerprint density at radius 2 is 1.88 bits per heavy atom. The third kappa shape index (κ3) is 3.03. The maximum Gasteiger partial charge on any atom is 0.0304 e. The minimum atomic E-state index is 0.389. The van der Waals surface area contributed by atoms with Crippen LogP contribution in [0.2, 0.25) is 0 Å². The van der Waals surface area contributed by atoms with Crippen LogP contribution in [0.25, 0.3) is 0 Å². The van der Waals surface area contributed by atoms with E-state index in [9.17, 15) is 0 Å². The number of hydrogen-bond donors (Lipinski definition) is 1. The van der Waals surface area contributed by atoms with Gasteiger partial charge in [0.1, 0.15) is 0 Å². The Labute approximate surface area is 107 Å². The summed E-state index contributed by atoms with van der Waals surface area (Å²) >= 11 is 0. The van der Waals surface area contributed by atoms with Gasteiger partial charge < -0.3 is 5.32 Å². The molecule has 1 N–H and O–H groups in total. The molecule has 1 aliphatic carbocycles. The summed E-state index contributed by atoms with van der Waals surface area (Å²) in [5.74, 6) is 1.79. The van der Waals surface area contributed by atoms with Crippen molar-refractivity contribution in [2.75, 3.05) is 19.6 Å². The van der Waals surface area contributed by atoms with Gasteiger partial charge in [-0.3, -0.25) is 4.90 Å². The van der Waals surface area contributed by atoms with Gasteiger partial charge in [0.15, 0.2) is 0 Å². The molecule has 0 spiro atoms. The summed E-state index contributed by atoms with van der Waals surface area (Å²) in [6, 6.07) is 0.752. The SMILES string of the molecule is CCC1(CC)CN(CC2CC2)C(C(C)C)CN1. The van der Waals surface area contributed by atoms with E-state index in [1.165, 1.54) is 45.3 Å². The average Bonchev–Trinajstić information content (AvgIpc) is 3.12. The van der Waals surface area contributed by atoms with Crippen molar-refractivity contribution >= 4 is 0 Å². The smallest absolute Gasteiger partial charge is 0.0304 e. The molecular formula is C15H30N2. The highest BCUT2D eigenvalue weighted by Crippen LogP contribution is 2.33. The van der Waals surface area contributed by atoms with Crippen molar-refractivity contribution in [3.63, 3.8) is 0 Å². The first-order valence-corrected chi connectivity index (χ1v) is 7.59. The quantitative estimate of drug-likeness (QED) is 0.792. The van der Waals surface area contributed by atoms with Gasteiger partial charge in [0.05, 0.1) is 0 Å². The van der Waals surface area contributed by atoms with Crippen LogP contribution in [0.3, 0.4) is 0 Å². The average molecular weight is 238 g/mol. The van der Waals surface area contributed by atoms with Gasteiger partial charge >= 0.3 is 0 Å². The van der Waals surface area contributed by atoms with E-state index in [1.54, 1.807) is 0 Å². The molecule has 1 unspecified atom stereocenters. The van der Waals surface area contributed by atoms with E-state index < -0.39 is 0 Å². The molecule has 0 amide bonds. The van der Waals surface area contributed by atoms with Crippen LogP contribution in [0.4, 0.5) is 0 Å². The van der Waals surface area contributed by atoms with Crippen molar-refractivity contribution in [2.45, 2.75) is 65.0 Å². The third-order valence-electron chi connectivity index (χ3n) is 4.97. The lowest BCUT2D eigenvalue weighted by Crippen LogP contribution is -2.65. The van der Waals surface area contributed by atoms with E-state index >= 15 is 0 Å². The molecule has 1 saturated carbocycles. The highest BCUT2D eigenvalue weighted by Gasteiger charge is 2.39. The van der Waals surface area contributed by atoms with Crippen LogP contribution in [-0.2, 0) is 0 Å². The summed E-state index contributed by atoms with van der Waals surface area (Å²) < 4.78 is 0. The maximum absolute atomic E-state index is 3.85. The maximum atomic E-state index is 3.85. The predicted molar refractivity (Wildman–Crippen MR) is 74.2 cm³/mol. The van der Waals surface area contributed by atoms with Crippen LogP contribution in [-0.4, -0.2) is 36.1 Å². The first-order valence-electron chi connectivity index (χ1n) is 7.59. The lowest BCUT2D eigenvalue weighted by molar-refractivity contribution is 0.0469. The highest BCUT2D eigenvalue weighted by molar-refractivity contribution is 4.98. The summed E-state index contributed by atoms with van der Waals surface area (Å²) in [6.45, 7) is 13.2. The Morgan fingerprint density at radius 3 is 2.35 bits per heavy atom. The molecule has 2 fully saturated rings. The predicted octanol–water partition coefficient (Wildman–Crippen LogP) is 2.89. The summed E-state index contributed by atoms with van der Waals surface area (Å²) in [4.78, 5) is 2.80. The zero-order valence-electron chi connectivity index (χ0n) is 12.1. The van der Waals surface area contributed by atoms with Gasteiger partial charge in [-0.05, 0) is 37.5 Å². The number of hydrogen-bond acceptors (Lipinski definition) is 2. The van der Waals surface area contributed by atoms with Gasteiger partial charge in [0.25, 0.3) is 0 Å². The van der Waals surface area contributed by atoms with Crippen LogP contribution in [0.1, 0.15) is 53.4 Å². The number of rotatable bonds is 5. The molecule has 0 bridgehead atoms. The van der Waals surface area contributed by atoms with Crippen LogP contribution >= 0.6 is 0 Å². The molecule has 2 aliphatic rings. The Morgan fingerprint density at radius 1 is 1.24 bits per heavy atom. The fraction of sp³-hybridized carbons (Fsp3) is 1.00. The van der Waals surface area contributed by atoms with Gasteiger partial charge in [-0.1, -0.05) is 27.7 Å². The summed E-state index contributed by atoms with van der Waals surface area (Å²) in [7, 11) is 0. The van der Waals surface area contributed by atoms with E-state index in [0.29, 0.717) is 5.54 Å². The molecule has 2 rings (SSSR count). The second kappa shape index (κ2) is 5.27. The Kier molecular flexibility index (Phi) is 4.14. The molecule has 2 nitrogen and oxygen atoms in total. The largest absolute Gasteiger partial charge is 0.308 e. The van der Waals surface area contributed by atoms with Crippen molar-refractivity contribution in [2.24, 2.45) is 11.8 Å². The number of nitrogens with zero attached hydrogens (tertiary/aromatic N) is 1. The summed E-state index contributed by atoms with van der Waals surface area (Å²) in [5.41, 5.74) is 0.389. The number of nitrogens with one attached hydrogen (secondary N) is 1. The molecule has 1 atom stereocenters. The molecule has 17 heavy (non-hydrogen) atoms. The van der Waals surface area contributed by atoms with Crippen molar-refractivity contribution in [3.8, 4) is 0 Å². The molecule has 2 heteroatoms. The van der Waals surface area contributed by atoms with Crippen LogP contribution in [0.5, 0.6) is 0 Å². The first kappa shape index (κ1) is 13.4. The molecule has 100 valence electrons. The molecule has 0 aromatic heterocycles. The van der Waals surface area contributed by atoms with Gasteiger partial charge in [-0.15, -0.1) is 0 Å². The Hall–Kier alpha value is -0.0800. The van der Waals surface area contributed by atoms with Crippen LogP contribution in [0.15, 0.2) is 0 Å². The molecular weight excluding hydrogens is 208 g/mol. The Bertz CT molecular complexity index is 241. The minimum Gasteiger partial charge on any atom is -0.308 e. The van der Waals surface area contributed by atoms with Gasteiger partial charge in [0.2, 0.25) is 0 Å². The summed E-state index contributed by atoms with van der Waals surface area (Å²) in [6.07, 6.45) is 5.46. The molecule has 0 aromatic carbocycles. The second-order valence-electron chi connectivity index (χ2n) is 6.55. The van der Waals surface area contributed by atoms with Gasteiger partial charge in [0, 0.05) is 31.2 Å². The highest BCUT2D eigenvalue weighted by atomic mass is 15.3. The van der Waals surface area contributed by atoms with Crippen LogP contribution < -0.4 is 5.32 Å².